The predicted octanol–water partition coefficient (Wildman–Crippen LogP) is 1.94. The van der Waals surface area contributed by atoms with Crippen molar-refractivity contribution in [1.29, 1.82) is 0 Å². The van der Waals surface area contributed by atoms with E-state index in [-0.39, 0.29) is 0 Å². The van der Waals surface area contributed by atoms with E-state index in [9.17, 15) is 9.59 Å². The fraction of sp³-hybridized carbons (Fsp3) is 0.273. The number of hydrogen-bond acceptors (Lipinski definition) is 3. The van der Waals surface area contributed by atoms with Gasteiger partial charge < -0.3 is 20.5 Å². The number of hydrogen-bond donors (Lipinski definition) is 3. The SMILES string of the molecule is COc1ccc(Cl)c(NC(=O)N[C@H](C)C(=O)O)c1. The van der Waals surface area contributed by atoms with E-state index in [4.69, 9.17) is 21.4 Å². The summed E-state index contributed by atoms with van der Waals surface area (Å²) in [7, 11) is 1.49. The Morgan fingerprint density at radius 3 is 2.67 bits per heavy atom. The molecule has 0 spiro atoms. The molecule has 3 N–H and O–H groups in total. The van der Waals surface area contributed by atoms with Crippen LogP contribution in [0.1, 0.15) is 6.92 Å². The molecule has 7 heteroatoms. The maximum absolute atomic E-state index is 11.5. The highest BCUT2D eigenvalue weighted by Gasteiger charge is 2.14. The summed E-state index contributed by atoms with van der Waals surface area (Å²) in [5.74, 6) is -0.595. The molecule has 6 nitrogen and oxygen atoms in total. The number of urea groups is 1. The molecule has 0 radical (unpaired) electrons. The number of benzene rings is 1. The zero-order valence-corrected chi connectivity index (χ0v) is 10.6. The van der Waals surface area contributed by atoms with Crippen LogP contribution in [0.25, 0.3) is 0 Å². The molecule has 0 heterocycles. The maximum atomic E-state index is 11.5. The summed E-state index contributed by atoms with van der Waals surface area (Å²) in [6, 6.07) is 3.10. The van der Waals surface area contributed by atoms with E-state index in [2.05, 4.69) is 10.6 Å². The van der Waals surface area contributed by atoms with E-state index in [0.29, 0.717) is 16.5 Å². The van der Waals surface area contributed by atoms with Gasteiger partial charge in [-0.1, -0.05) is 11.6 Å². The van der Waals surface area contributed by atoms with Crippen LogP contribution in [0.5, 0.6) is 5.75 Å². The van der Waals surface area contributed by atoms with E-state index in [0.717, 1.165) is 0 Å². The lowest BCUT2D eigenvalue weighted by Gasteiger charge is -2.12. The minimum Gasteiger partial charge on any atom is -0.497 e. The number of aliphatic carboxylic acids is 1. The topological polar surface area (TPSA) is 87.7 Å². The number of carboxylic acids is 1. The van der Waals surface area contributed by atoms with Gasteiger partial charge in [0.05, 0.1) is 17.8 Å². The molecule has 1 atom stereocenters. The van der Waals surface area contributed by atoms with Crippen LogP contribution < -0.4 is 15.4 Å². The maximum Gasteiger partial charge on any atom is 0.325 e. The first-order valence-electron chi connectivity index (χ1n) is 5.08. The van der Waals surface area contributed by atoms with Crippen LogP contribution in [-0.4, -0.2) is 30.3 Å². The third kappa shape index (κ3) is 3.81. The zero-order chi connectivity index (χ0) is 13.7. The number of rotatable bonds is 4. The smallest absolute Gasteiger partial charge is 0.325 e. The standard InChI is InChI=1S/C11H13ClN2O4/c1-6(10(15)16)13-11(17)14-9-5-7(18-2)3-4-8(9)12/h3-6H,1-2H3,(H,15,16)(H2,13,14,17)/t6-/m1/s1. The van der Waals surface area contributed by atoms with E-state index >= 15 is 0 Å². The summed E-state index contributed by atoms with van der Waals surface area (Å²) in [6.07, 6.45) is 0. The molecule has 18 heavy (non-hydrogen) atoms. The molecule has 98 valence electrons. The van der Waals surface area contributed by atoms with Gasteiger partial charge >= 0.3 is 12.0 Å². The van der Waals surface area contributed by atoms with Gasteiger partial charge in [-0.3, -0.25) is 4.79 Å². The second-order valence-electron chi connectivity index (χ2n) is 3.50. The average Bonchev–Trinajstić information content (AvgIpc) is 2.31. The number of nitrogens with one attached hydrogen (secondary N) is 2. The van der Waals surface area contributed by atoms with Crippen molar-refractivity contribution in [2.45, 2.75) is 13.0 Å². The third-order valence-corrected chi connectivity index (χ3v) is 2.47. The van der Waals surface area contributed by atoms with Crippen LogP contribution in [0, 0.1) is 0 Å². The molecule has 0 aromatic heterocycles. The Labute approximate surface area is 109 Å². The predicted molar refractivity (Wildman–Crippen MR) is 67.3 cm³/mol. The van der Waals surface area contributed by atoms with Gasteiger partial charge in [0.15, 0.2) is 0 Å². The van der Waals surface area contributed by atoms with Gasteiger partial charge in [0, 0.05) is 6.07 Å². The Hall–Kier alpha value is -1.95. The number of ether oxygens (including phenoxy) is 1. The lowest BCUT2D eigenvalue weighted by molar-refractivity contribution is -0.138. The quantitative estimate of drug-likeness (QED) is 0.782. The van der Waals surface area contributed by atoms with Crippen molar-refractivity contribution in [3.8, 4) is 5.75 Å². The number of carbonyl (C=O) groups excluding carboxylic acids is 1. The van der Waals surface area contributed by atoms with Crippen LogP contribution in [0.15, 0.2) is 18.2 Å². The molecule has 0 saturated heterocycles. The molecule has 2 amide bonds. The summed E-state index contributed by atoms with van der Waals surface area (Å²) in [6.45, 7) is 1.36. The van der Waals surface area contributed by atoms with Gasteiger partial charge in [-0.25, -0.2) is 4.79 Å². The number of methoxy groups -OCH3 is 1. The number of halogens is 1. The summed E-state index contributed by atoms with van der Waals surface area (Å²) >= 11 is 5.88. The Kier molecular flexibility index (Phi) is 4.79. The first-order valence-corrected chi connectivity index (χ1v) is 5.45. The fourth-order valence-corrected chi connectivity index (χ4v) is 1.31. The van der Waals surface area contributed by atoms with Crippen LogP contribution in [0.3, 0.4) is 0 Å². The fourth-order valence-electron chi connectivity index (χ4n) is 1.14. The molecule has 0 aliphatic rings. The highest BCUT2D eigenvalue weighted by atomic mass is 35.5. The molecule has 1 rings (SSSR count). The largest absolute Gasteiger partial charge is 0.497 e. The highest BCUT2D eigenvalue weighted by molar-refractivity contribution is 6.33. The summed E-state index contributed by atoms with van der Waals surface area (Å²) in [4.78, 5) is 22.1. The van der Waals surface area contributed by atoms with Gasteiger partial charge in [0.25, 0.3) is 0 Å². The second-order valence-corrected chi connectivity index (χ2v) is 3.91. The molecule has 0 bridgehead atoms. The lowest BCUT2D eigenvalue weighted by Crippen LogP contribution is -2.40. The lowest BCUT2D eigenvalue weighted by atomic mass is 10.3. The Morgan fingerprint density at radius 1 is 1.44 bits per heavy atom. The molecule has 0 aliphatic heterocycles. The minimum atomic E-state index is -1.12. The molecule has 1 aromatic rings. The van der Waals surface area contributed by atoms with Crippen LogP contribution >= 0.6 is 11.6 Å². The minimum absolute atomic E-state index is 0.328. The van der Waals surface area contributed by atoms with Gasteiger partial charge in [0.1, 0.15) is 11.8 Å². The van der Waals surface area contributed by atoms with Gasteiger partial charge in [0.2, 0.25) is 0 Å². The Morgan fingerprint density at radius 2 is 2.11 bits per heavy atom. The first kappa shape index (κ1) is 14.1. The number of amides is 2. The normalized spacial score (nSPS) is 11.5. The summed E-state index contributed by atoms with van der Waals surface area (Å²) < 4.78 is 4.99. The number of carboxylic acid groups (broad SMARTS) is 1. The second kappa shape index (κ2) is 6.11. The molecular weight excluding hydrogens is 260 g/mol. The van der Waals surface area contributed by atoms with E-state index < -0.39 is 18.0 Å². The van der Waals surface area contributed by atoms with Crippen LogP contribution in [0.4, 0.5) is 10.5 Å². The molecule has 0 aliphatic carbocycles. The van der Waals surface area contributed by atoms with Crippen molar-refractivity contribution in [2.24, 2.45) is 0 Å². The van der Waals surface area contributed by atoms with Crippen molar-refractivity contribution < 1.29 is 19.4 Å². The molecular formula is C11H13ClN2O4. The van der Waals surface area contributed by atoms with E-state index in [1.54, 1.807) is 12.1 Å². The van der Waals surface area contributed by atoms with Crippen molar-refractivity contribution in [3.05, 3.63) is 23.2 Å². The van der Waals surface area contributed by atoms with Crippen molar-refractivity contribution >= 4 is 29.3 Å². The Bertz CT molecular complexity index is 464. The highest BCUT2D eigenvalue weighted by Crippen LogP contribution is 2.26. The van der Waals surface area contributed by atoms with Crippen molar-refractivity contribution in [3.63, 3.8) is 0 Å². The molecule has 1 aromatic carbocycles. The third-order valence-electron chi connectivity index (χ3n) is 2.14. The van der Waals surface area contributed by atoms with Crippen LogP contribution in [0.2, 0.25) is 5.02 Å². The monoisotopic (exact) mass is 272 g/mol. The van der Waals surface area contributed by atoms with Gasteiger partial charge in [-0.2, -0.15) is 0 Å². The Balaban J connectivity index is 2.72. The van der Waals surface area contributed by atoms with Gasteiger partial charge in [-0.15, -0.1) is 0 Å². The van der Waals surface area contributed by atoms with Crippen molar-refractivity contribution in [1.82, 2.24) is 5.32 Å². The number of anilines is 1. The molecule has 0 saturated carbocycles. The first-order chi connectivity index (χ1) is 8.43. The number of carbonyl (C=O) groups is 2. The molecule has 0 fully saturated rings. The average molecular weight is 273 g/mol. The van der Waals surface area contributed by atoms with E-state index in [1.165, 1.54) is 20.1 Å². The molecule has 0 unspecified atom stereocenters. The van der Waals surface area contributed by atoms with Crippen LogP contribution in [-0.2, 0) is 4.79 Å². The van der Waals surface area contributed by atoms with E-state index in [1.807, 2.05) is 0 Å². The van der Waals surface area contributed by atoms with Crippen molar-refractivity contribution in [2.75, 3.05) is 12.4 Å². The zero-order valence-electron chi connectivity index (χ0n) is 9.86. The van der Waals surface area contributed by atoms with Gasteiger partial charge in [-0.05, 0) is 19.1 Å². The summed E-state index contributed by atoms with van der Waals surface area (Å²) in [5, 5.41) is 13.7. The summed E-state index contributed by atoms with van der Waals surface area (Å²) in [5.41, 5.74) is 0.339.